The molecule has 2 N–H and O–H groups in total. The van der Waals surface area contributed by atoms with Crippen LogP contribution in [0.3, 0.4) is 0 Å². The first kappa shape index (κ1) is 9.67. The zero-order valence-corrected chi connectivity index (χ0v) is 8.76. The van der Waals surface area contributed by atoms with Crippen LogP contribution in [-0.4, -0.2) is 37.7 Å². The number of aromatic nitrogens is 2. The molecule has 1 saturated heterocycles. The third-order valence-corrected chi connectivity index (χ3v) is 3.33. The van der Waals surface area contributed by atoms with E-state index in [1.807, 2.05) is 0 Å². The fourth-order valence-electron chi connectivity index (χ4n) is 1.63. The third kappa shape index (κ3) is 1.80. The highest BCUT2D eigenvalue weighted by Gasteiger charge is 2.20. The van der Waals surface area contributed by atoms with Gasteiger partial charge in [0, 0.05) is 30.6 Å². The van der Waals surface area contributed by atoms with Gasteiger partial charge in [0.1, 0.15) is 0 Å². The molecule has 0 spiro atoms. The van der Waals surface area contributed by atoms with Crippen LogP contribution in [0, 0.1) is 0 Å². The number of nitrogens with zero attached hydrogens (tertiary/aromatic N) is 1. The first-order valence-electron chi connectivity index (χ1n) is 4.53. The Bertz CT molecular complexity index is 418. The molecule has 1 fully saturated rings. The smallest absolute Gasteiger partial charge is 0.224 e. The molecule has 2 heterocycles. The van der Waals surface area contributed by atoms with Crippen LogP contribution in [0.4, 0.5) is 0 Å². The van der Waals surface area contributed by atoms with Crippen molar-refractivity contribution in [2.75, 3.05) is 19.3 Å². The van der Waals surface area contributed by atoms with Gasteiger partial charge >= 0.3 is 0 Å². The topological polar surface area (TPSA) is 74.8 Å². The molecule has 2 rings (SSSR count). The fraction of sp³-hybridized carbons (Fsp3) is 0.625. The van der Waals surface area contributed by atoms with Crippen molar-refractivity contribution in [2.24, 2.45) is 0 Å². The van der Waals surface area contributed by atoms with E-state index in [-0.39, 0.29) is 5.16 Å². The summed E-state index contributed by atoms with van der Waals surface area (Å²) in [5.41, 5.74) is 0.912. The summed E-state index contributed by atoms with van der Waals surface area (Å²) >= 11 is 0. The Morgan fingerprint density at radius 1 is 1.57 bits per heavy atom. The Morgan fingerprint density at radius 2 is 2.36 bits per heavy atom. The second-order valence-electron chi connectivity index (χ2n) is 3.61. The van der Waals surface area contributed by atoms with E-state index in [1.165, 1.54) is 0 Å². The van der Waals surface area contributed by atoms with Gasteiger partial charge in [-0.25, -0.2) is 13.4 Å². The summed E-state index contributed by atoms with van der Waals surface area (Å²) in [6, 6.07) is 0. The molecule has 0 saturated carbocycles. The van der Waals surface area contributed by atoms with E-state index in [1.54, 1.807) is 6.20 Å². The lowest BCUT2D eigenvalue weighted by atomic mass is 10.1. The highest BCUT2D eigenvalue weighted by atomic mass is 32.2. The van der Waals surface area contributed by atoms with E-state index in [0.717, 1.165) is 31.5 Å². The Morgan fingerprint density at radius 3 is 2.86 bits per heavy atom. The lowest BCUT2D eigenvalue weighted by Crippen LogP contribution is -2.08. The number of aromatic amines is 1. The zero-order chi connectivity index (χ0) is 10.2. The minimum atomic E-state index is -3.20. The summed E-state index contributed by atoms with van der Waals surface area (Å²) in [5, 5.41) is 3.29. The number of hydrogen-bond acceptors (Lipinski definition) is 4. The molecule has 0 bridgehead atoms. The quantitative estimate of drug-likeness (QED) is 0.722. The molecule has 0 aromatic carbocycles. The van der Waals surface area contributed by atoms with Gasteiger partial charge in [-0.1, -0.05) is 0 Å². The van der Waals surface area contributed by atoms with Crippen LogP contribution in [0.5, 0.6) is 0 Å². The predicted molar refractivity (Wildman–Crippen MR) is 51.9 cm³/mol. The van der Waals surface area contributed by atoms with Crippen molar-refractivity contribution in [3.8, 4) is 0 Å². The Labute approximate surface area is 82.9 Å². The predicted octanol–water partition coefficient (Wildman–Crippen LogP) is -0.110. The van der Waals surface area contributed by atoms with Gasteiger partial charge in [-0.15, -0.1) is 0 Å². The minimum Gasteiger partial charge on any atom is -0.332 e. The first-order chi connectivity index (χ1) is 6.57. The molecule has 0 radical (unpaired) electrons. The first-order valence-corrected chi connectivity index (χ1v) is 6.42. The average molecular weight is 215 g/mol. The third-order valence-electron chi connectivity index (χ3n) is 2.42. The van der Waals surface area contributed by atoms with Gasteiger partial charge in [0.15, 0.2) is 0 Å². The fourth-order valence-corrected chi connectivity index (χ4v) is 2.18. The molecule has 14 heavy (non-hydrogen) atoms. The number of hydrogen-bond donors (Lipinski definition) is 2. The molecule has 1 aromatic rings. The average Bonchev–Trinajstić information content (AvgIpc) is 2.73. The molecule has 1 aliphatic rings. The molecule has 6 heteroatoms. The monoisotopic (exact) mass is 215 g/mol. The minimum absolute atomic E-state index is 0.0689. The Hall–Kier alpha value is -0.880. The van der Waals surface area contributed by atoms with Gasteiger partial charge in [-0.2, -0.15) is 0 Å². The Balaban J connectivity index is 2.25. The highest BCUT2D eigenvalue weighted by Crippen LogP contribution is 2.20. The molecule has 1 atom stereocenters. The molecular weight excluding hydrogens is 202 g/mol. The normalized spacial score (nSPS) is 22.8. The molecule has 1 aromatic heterocycles. The highest BCUT2D eigenvalue weighted by molar-refractivity contribution is 7.90. The van der Waals surface area contributed by atoms with Gasteiger partial charge in [0.2, 0.25) is 15.0 Å². The molecule has 1 aliphatic heterocycles. The van der Waals surface area contributed by atoms with Crippen LogP contribution in [0.15, 0.2) is 11.4 Å². The summed E-state index contributed by atoms with van der Waals surface area (Å²) < 4.78 is 22.3. The Kier molecular flexibility index (Phi) is 2.32. The van der Waals surface area contributed by atoms with Gasteiger partial charge < -0.3 is 10.3 Å². The van der Waals surface area contributed by atoms with Crippen molar-refractivity contribution in [1.29, 1.82) is 0 Å². The zero-order valence-electron chi connectivity index (χ0n) is 7.95. The van der Waals surface area contributed by atoms with Crippen LogP contribution in [0.25, 0.3) is 0 Å². The summed E-state index contributed by atoms with van der Waals surface area (Å²) in [6.07, 6.45) is 3.81. The number of H-pyrrole nitrogens is 1. The summed E-state index contributed by atoms with van der Waals surface area (Å²) in [7, 11) is -3.20. The number of imidazole rings is 1. The molecule has 78 valence electrons. The number of nitrogens with one attached hydrogen (secondary N) is 2. The number of sulfone groups is 1. The molecule has 0 aliphatic carbocycles. The van der Waals surface area contributed by atoms with Crippen molar-refractivity contribution in [3.05, 3.63) is 11.9 Å². The van der Waals surface area contributed by atoms with Crippen molar-refractivity contribution >= 4 is 9.84 Å². The van der Waals surface area contributed by atoms with Crippen LogP contribution in [0.1, 0.15) is 18.0 Å². The van der Waals surface area contributed by atoms with Gasteiger partial charge in [-0.3, -0.25) is 0 Å². The van der Waals surface area contributed by atoms with Crippen LogP contribution in [-0.2, 0) is 9.84 Å². The van der Waals surface area contributed by atoms with E-state index in [2.05, 4.69) is 15.3 Å². The molecule has 5 nitrogen and oxygen atoms in total. The summed E-state index contributed by atoms with van der Waals surface area (Å²) in [6.45, 7) is 1.88. The van der Waals surface area contributed by atoms with Crippen LogP contribution in [0.2, 0.25) is 0 Å². The van der Waals surface area contributed by atoms with E-state index >= 15 is 0 Å². The van der Waals surface area contributed by atoms with Crippen molar-refractivity contribution in [1.82, 2.24) is 15.3 Å². The standard InChI is InChI=1S/C8H13N3O2S/c1-14(12,13)8-10-5-7(11-8)6-2-3-9-4-6/h5-6,9H,2-4H2,1H3,(H,10,11). The maximum atomic E-state index is 11.2. The van der Waals surface area contributed by atoms with E-state index in [9.17, 15) is 8.42 Å². The summed E-state index contributed by atoms with van der Waals surface area (Å²) in [4.78, 5) is 6.72. The van der Waals surface area contributed by atoms with E-state index < -0.39 is 9.84 Å². The number of rotatable bonds is 2. The second kappa shape index (κ2) is 3.36. The van der Waals surface area contributed by atoms with Crippen molar-refractivity contribution < 1.29 is 8.42 Å². The van der Waals surface area contributed by atoms with Gasteiger partial charge in [0.05, 0.1) is 0 Å². The van der Waals surface area contributed by atoms with Gasteiger partial charge in [-0.05, 0) is 13.0 Å². The van der Waals surface area contributed by atoms with Crippen LogP contribution < -0.4 is 5.32 Å². The SMILES string of the molecule is CS(=O)(=O)c1ncc(C2CCNC2)[nH]1. The maximum Gasteiger partial charge on any atom is 0.224 e. The molecular formula is C8H13N3O2S. The van der Waals surface area contributed by atoms with Crippen molar-refractivity contribution in [3.63, 3.8) is 0 Å². The molecule has 0 amide bonds. The largest absolute Gasteiger partial charge is 0.332 e. The van der Waals surface area contributed by atoms with Crippen LogP contribution >= 0.6 is 0 Å². The van der Waals surface area contributed by atoms with Crippen molar-refractivity contribution in [2.45, 2.75) is 17.5 Å². The molecule has 1 unspecified atom stereocenters. The van der Waals surface area contributed by atoms with E-state index in [4.69, 9.17) is 0 Å². The lowest BCUT2D eigenvalue weighted by molar-refractivity contribution is 0.594. The lowest BCUT2D eigenvalue weighted by Gasteiger charge is -2.02. The maximum absolute atomic E-state index is 11.2. The van der Waals surface area contributed by atoms with E-state index in [0.29, 0.717) is 5.92 Å². The van der Waals surface area contributed by atoms with Gasteiger partial charge in [0.25, 0.3) is 0 Å². The summed E-state index contributed by atoms with van der Waals surface area (Å²) in [5.74, 6) is 0.373. The second-order valence-corrected chi connectivity index (χ2v) is 5.54.